The number of carbonyl (C=O) groups excluding carboxylic acids is 2. The van der Waals surface area contributed by atoms with E-state index < -0.39 is 11.6 Å². The SMILES string of the molecule is C=C1CC[C@H](OC(=O)C2(C)COC(=O)OC2)C/C1=C/C=C1\CCC[C@]2([C@H](C)/C=C/[C@H](C)C(C)C)CCC[C@@H]12. The molecule has 0 spiro atoms. The van der Waals surface area contributed by atoms with Crippen molar-refractivity contribution in [1.29, 1.82) is 0 Å². The first-order valence-electron chi connectivity index (χ1n) is 14.8. The maximum atomic E-state index is 12.9. The number of fused-ring (bicyclic) bond motifs is 1. The number of esters is 1. The largest absolute Gasteiger partial charge is 0.508 e. The number of ether oxygens (including phenoxy) is 3. The number of cyclic esters (lactones) is 2. The van der Waals surface area contributed by atoms with E-state index >= 15 is 0 Å². The Balaban J connectivity index is 1.45. The van der Waals surface area contributed by atoms with Crippen LogP contribution in [0.1, 0.15) is 92.4 Å². The van der Waals surface area contributed by atoms with Gasteiger partial charge in [0.25, 0.3) is 0 Å². The lowest BCUT2D eigenvalue weighted by Gasteiger charge is -2.45. The third-order valence-corrected chi connectivity index (χ3v) is 10.00. The number of hydrogen-bond donors (Lipinski definition) is 0. The summed E-state index contributed by atoms with van der Waals surface area (Å²) in [6, 6.07) is 0. The van der Waals surface area contributed by atoms with Gasteiger partial charge in [0, 0.05) is 6.42 Å². The fourth-order valence-electron chi connectivity index (χ4n) is 6.89. The molecule has 3 saturated carbocycles. The van der Waals surface area contributed by atoms with Gasteiger partial charge in [0.1, 0.15) is 24.7 Å². The molecule has 0 unspecified atom stereocenters. The minimum absolute atomic E-state index is 0.00792. The quantitative estimate of drug-likeness (QED) is 0.249. The summed E-state index contributed by atoms with van der Waals surface area (Å²) in [6.07, 6.45) is 18.7. The van der Waals surface area contributed by atoms with Crippen LogP contribution in [-0.4, -0.2) is 31.4 Å². The molecule has 0 aromatic carbocycles. The topological polar surface area (TPSA) is 61.8 Å². The van der Waals surface area contributed by atoms with E-state index in [1.165, 1.54) is 44.1 Å². The fraction of sp³-hybridized carbons (Fsp3) is 0.697. The highest BCUT2D eigenvalue weighted by molar-refractivity contribution is 5.78. The van der Waals surface area contributed by atoms with Crippen LogP contribution in [0.25, 0.3) is 0 Å². The second kappa shape index (κ2) is 11.8. The molecule has 38 heavy (non-hydrogen) atoms. The van der Waals surface area contributed by atoms with Gasteiger partial charge in [-0.25, -0.2) is 4.79 Å². The predicted molar refractivity (Wildman–Crippen MR) is 150 cm³/mol. The van der Waals surface area contributed by atoms with E-state index in [-0.39, 0.29) is 25.3 Å². The Morgan fingerprint density at radius 3 is 2.45 bits per heavy atom. The summed E-state index contributed by atoms with van der Waals surface area (Å²) >= 11 is 0. The lowest BCUT2D eigenvalue weighted by Crippen LogP contribution is -2.45. The first-order valence-corrected chi connectivity index (χ1v) is 14.8. The van der Waals surface area contributed by atoms with Gasteiger partial charge in [-0.3, -0.25) is 4.79 Å². The number of rotatable bonds is 7. The van der Waals surface area contributed by atoms with Crippen LogP contribution in [0.5, 0.6) is 0 Å². The first-order chi connectivity index (χ1) is 18.0. The lowest BCUT2D eigenvalue weighted by molar-refractivity contribution is -0.172. The van der Waals surface area contributed by atoms with Crippen LogP contribution in [-0.2, 0) is 19.0 Å². The fourth-order valence-corrected chi connectivity index (χ4v) is 6.89. The summed E-state index contributed by atoms with van der Waals surface area (Å²) < 4.78 is 15.8. The molecule has 0 amide bonds. The van der Waals surface area contributed by atoms with Crippen LogP contribution in [0.3, 0.4) is 0 Å². The number of allylic oxidation sites excluding steroid dienone is 6. The van der Waals surface area contributed by atoms with Crippen molar-refractivity contribution in [2.75, 3.05) is 13.2 Å². The van der Waals surface area contributed by atoms with Crippen LogP contribution in [0, 0.1) is 34.5 Å². The maximum Gasteiger partial charge on any atom is 0.508 e. The molecular weight excluding hydrogens is 476 g/mol. The van der Waals surface area contributed by atoms with Gasteiger partial charge >= 0.3 is 12.1 Å². The minimum Gasteiger partial charge on any atom is -0.461 e. The van der Waals surface area contributed by atoms with Gasteiger partial charge in [0.15, 0.2) is 0 Å². The molecule has 4 fully saturated rings. The minimum atomic E-state index is -0.958. The van der Waals surface area contributed by atoms with Gasteiger partial charge in [-0.15, -0.1) is 0 Å². The summed E-state index contributed by atoms with van der Waals surface area (Å²) in [5.74, 6) is 2.16. The van der Waals surface area contributed by atoms with Crippen molar-refractivity contribution in [1.82, 2.24) is 0 Å². The average Bonchev–Trinajstić information content (AvgIpc) is 3.35. The van der Waals surface area contributed by atoms with Crippen molar-refractivity contribution in [3.8, 4) is 0 Å². The Bertz CT molecular complexity index is 991. The zero-order valence-corrected chi connectivity index (χ0v) is 24.2. The van der Waals surface area contributed by atoms with E-state index in [2.05, 4.69) is 58.6 Å². The summed E-state index contributed by atoms with van der Waals surface area (Å²) in [4.78, 5) is 24.1. The van der Waals surface area contributed by atoms with Gasteiger partial charge in [-0.1, -0.05) is 76.1 Å². The smallest absolute Gasteiger partial charge is 0.461 e. The summed E-state index contributed by atoms with van der Waals surface area (Å²) in [5.41, 5.74) is 3.35. The van der Waals surface area contributed by atoms with E-state index in [1.54, 1.807) is 12.5 Å². The van der Waals surface area contributed by atoms with Crippen molar-refractivity contribution in [3.63, 3.8) is 0 Å². The Morgan fingerprint density at radius 2 is 1.74 bits per heavy atom. The van der Waals surface area contributed by atoms with Gasteiger partial charge in [-0.05, 0) is 86.5 Å². The highest BCUT2D eigenvalue weighted by Gasteiger charge is 2.48. The van der Waals surface area contributed by atoms with E-state index in [0.717, 1.165) is 18.4 Å². The summed E-state index contributed by atoms with van der Waals surface area (Å²) in [5, 5.41) is 0. The second-order valence-electron chi connectivity index (χ2n) is 13.0. The third-order valence-electron chi connectivity index (χ3n) is 10.00. The molecule has 0 N–H and O–H groups in total. The van der Waals surface area contributed by atoms with Crippen molar-refractivity contribution in [3.05, 3.63) is 47.6 Å². The molecule has 0 aromatic rings. The molecule has 5 nitrogen and oxygen atoms in total. The molecule has 1 heterocycles. The van der Waals surface area contributed by atoms with Crippen molar-refractivity contribution in [2.24, 2.45) is 34.5 Å². The molecule has 1 saturated heterocycles. The molecule has 4 aliphatic rings. The highest BCUT2D eigenvalue weighted by atomic mass is 16.7. The van der Waals surface area contributed by atoms with E-state index in [4.69, 9.17) is 14.2 Å². The molecule has 4 rings (SSSR count). The molecule has 0 aromatic heterocycles. The zero-order chi connectivity index (χ0) is 27.5. The van der Waals surface area contributed by atoms with Gasteiger partial charge in [0.2, 0.25) is 0 Å². The standard InChI is InChI=1S/C33H48O5/c1-22(2)23(3)11-13-25(5)33-17-7-9-26(29(33)10-8-18-33)14-15-27-19-28(16-12-24(27)4)38-30(34)32(6)20-36-31(35)37-21-32/h11,13-15,22-23,25,28-29H,4,7-10,12,16-21H2,1-3,5-6H3/b13-11+,26-14+,27-15-/t23-,25+,28-,29-,33+/m0/s1. The lowest BCUT2D eigenvalue weighted by atomic mass is 9.60. The van der Waals surface area contributed by atoms with E-state index in [0.29, 0.717) is 35.5 Å². The van der Waals surface area contributed by atoms with Gasteiger partial charge in [-0.2, -0.15) is 0 Å². The second-order valence-corrected chi connectivity index (χ2v) is 13.0. The Hall–Kier alpha value is -2.30. The predicted octanol–water partition coefficient (Wildman–Crippen LogP) is 8.12. The Kier molecular flexibility index (Phi) is 8.94. The van der Waals surface area contributed by atoms with Crippen LogP contribution in [0.4, 0.5) is 4.79 Å². The molecule has 210 valence electrons. The monoisotopic (exact) mass is 524 g/mol. The number of carbonyl (C=O) groups is 2. The van der Waals surface area contributed by atoms with Gasteiger partial charge < -0.3 is 14.2 Å². The van der Waals surface area contributed by atoms with Crippen LogP contribution in [0.2, 0.25) is 0 Å². The van der Waals surface area contributed by atoms with Crippen molar-refractivity contribution >= 4 is 12.1 Å². The first kappa shape index (κ1) is 28.7. The molecule has 3 aliphatic carbocycles. The number of hydrogen-bond acceptors (Lipinski definition) is 5. The molecule has 0 bridgehead atoms. The zero-order valence-electron chi connectivity index (χ0n) is 24.2. The van der Waals surface area contributed by atoms with Crippen LogP contribution >= 0.6 is 0 Å². The Morgan fingerprint density at radius 1 is 1.03 bits per heavy atom. The molecular formula is C33H48O5. The third kappa shape index (κ3) is 6.13. The van der Waals surface area contributed by atoms with E-state index in [1.807, 2.05) is 0 Å². The normalized spacial score (nSPS) is 33.2. The highest BCUT2D eigenvalue weighted by Crippen LogP contribution is 2.58. The summed E-state index contributed by atoms with van der Waals surface area (Å²) in [6.45, 7) is 15.4. The molecule has 1 aliphatic heterocycles. The molecule has 5 heteroatoms. The average molecular weight is 525 g/mol. The van der Waals surface area contributed by atoms with E-state index in [9.17, 15) is 9.59 Å². The van der Waals surface area contributed by atoms with Crippen LogP contribution < -0.4 is 0 Å². The van der Waals surface area contributed by atoms with Crippen molar-refractivity contribution in [2.45, 2.75) is 98.5 Å². The van der Waals surface area contributed by atoms with Crippen LogP contribution in [0.15, 0.2) is 47.6 Å². The molecule has 5 atom stereocenters. The Labute approximate surface area is 229 Å². The maximum absolute atomic E-state index is 12.9. The van der Waals surface area contributed by atoms with Crippen molar-refractivity contribution < 1.29 is 23.8 Å². The van der Waals surface area contributed by atoms with Gasteiger partial charge in [0.05, 0.1) is 0 Å². The summed E-state index contributed by atoms with van der Waals surface area (Å²) in [7, 11) is 0. The molecule has 0 radical (unpaired) electrons.